The van der Waals surface area contributed by atoms with Crippen molar-refractivity contribution in [3.8, 4) is 0 Å². The Morgan fingerprint density at radius 3 is 2.67 bits per heavy atom. The molecule has 0 heterocycles. The van der Waals surface area contributed by atoms with Gasteiger partial charge in [0.1, 0.15) is 0 Å². The van der Waals surface area contributed by atoms with Crippen molar-refractivity contribution in [2.75, 3.05) is 0 Å². The highest BCUT2D eigenvalue weighted by Gasteiger charge is 2.41. The largest absolute Gasteiger partial charge is 0.0654 e. The minimum Gasteiger partial charge on any atom is -0.0654 e. The van der Waals surface area contributed by atoms with Crippen molar-refractivity contribution in [1.29, 1.82) is 0 Å². The molecule has 0 N–H and O–H groups in total. The van der Waals surface area contributed by atoms with Crippen molar-refractivity contribution in [2.24, 2.45) is 23.7 Å². The zero-order chi connectivity index (χ0) is 8.55. The lowest BCUT2D eigenvalue weighted by Crippen LogP contribution is -2.00. The summed E-state index contributed by atoms with van der Waals surface area (Å²) in [5, 5.41) is 0. The van der Waals surface area contributed by atoms with Crippen molar-refractivity contribution >= 4 is 0 Å². The lowest BCUT2D eigenvalue weighted by Gasteiger charge is -2.09. The second-order valence-corrected chi connectivity index (χ2v) is 5.10. The van der Waals surface area contributed by atoms with Gasteiger partial charge in [0.25, 0.3) is 0 Å². The van der Waals surface area contributed by atoms with E-state index in [0.29, 0.717) is 0 Å². The third-order valence-corrected chi connectivity index (χ3v) is 3.77. The number of hydrogen-bond donors (Lipinski definition) is 0. The lowest BCUT2D eigenvalue weighted by atomic mass is 9.97. The van der Waals surface area contributed by atoms with Crippen LogP contribution < -0.4 is 0 Å². The molecule has 0 amide bonds. The van der Waals surface area contributed by atoms with Gasteiger partial charge in [-0.3, -0.25) is 0 Å². The van der Waals surface area contributed by atoms with E-state index in [1.54, 1.807) is 12.8 Å². The van der Waals surface area contributed by atoms with E-state index < -0.39 is 0 Å². The first-order chi connectivity index (χ1) is 5.81. The summed E-state index contributed by atoms with van der Waals surface area (Å²) >= 11 is 0. The molecule has 2 aliphatic carbocycles. The van der Waals surface area contributed by atoms with Crippen LogP contribution in [0.25, 0.3) is 0 Å². The van der Waals surface area contributed by atoms with E-state index >= 15 is 0 Å². The third-order valence-electron chi connectivity index (χ3n) is 3.77. The quantitative estimate of drug-likeness (QED) is 0.582. The van der Waals surface area contributed by atoms with Crippen LogP contribution in [0, 0.1) is 23.7 Å². The molecule has 3 atom stereocenters. The molecule has 2 aliphatic rings. The van der Waals surface area contributed by atoms with Gasteiger partial charge in [-0.25, -0.2) is 0 Å². The van der Waals surface area contributed by atoms with Crippen LogP contribution in [0.5, 0.6) is 0 Å². The molecule has 12 heavy (non-hydrogen) atoms. The van der Waals surface area contributed by atoms with E-state index in [9.17, 15) is 0 Å². The predicted octanol–water partition coefficient (Wildman–Crippen LogP) is 3.86. The van der Waals surface area contributed by atoms with Gasteiger partial charge in [0.2, 0.25) is 0 Å². The molecule has 0 spiro atoms. The highest BCUT2D eigenvalue weighted by molar-refractivity contribution is 4.91. The Bertz CT molecular complexity index is 146. The average molecular weight is 166 g/mol. The van der Waals surface area contributed by atoms with Gasteiger partial charge in [0.05, 0.1) is 0 Å². The Labute approximate surface area is 76.7 Å². The molecule has 3 unspecified atom stereocenters. The molecule has 0 aliphatic heterocycles. The van der Waals surface area contributed by atoms with E-state index in [4.69, 9.17) is 0 Å². The Morgan fingerprint density at radius 2 is 2.08 bits per heavy atom. The van der Waals surface area contributed by atoms with Crippen LogP contribution in [0.2, 0.25) is 0 Å². The normalized spacial score (nSPS) is 36.5. The lowest BCUT2D eigenvalue weighted by molar-refractivity contribution is 0.411. The van der Waals surface area contributed by atoms with Gasteiger partial charge in [-0.2, -0.15) is 0 Å². The molecular formula is C12H22. The molecule has 0 radical (unpaired) electrons. The maximum absolute atomic E-state index is 2.48. The molecular weight excluding hydrogens is 144 g/mol. The van der Waals surface area contributed by atoms with Gasteiger partial charge in [-0.1, -0.05) is 39.5 Å². The summed E-state index contributed by atoms with van der Waals surface area (Å²) in [5.74, 6) is 4.45. The fourth-order valence-corrected chi connectivity index (χ4v) is 2.72. The van der Waals surface area contributed by atoms with E-state index in [-0.39, 0.29) is 0 Å². The van der Waals surface area contributed by atoms with E-state index in [1.165, 1.54) is 25.7 Å². The van der Waals surface area contributed by atoms with Crippen LogP contribution in [0.4, 0.5) is 0 Å². The van der Waals surface area contributed by atoms with Crippen LogP contribution in [0.1, 0.15) is 52.4 Å². The Balaban J connectivity index is 1.64. The van der Waals surface area contributed by atoms with E-state index in [0.717, 1.165) is 23.7 Å². The van der Waals surface area contributed by atoms with Gasteiger partial charge in [0, 0.05) is 0 Å². The molecule has 0 nitrogen and oxygen atoms in total. The highest BCUT2D eigenvalue weighted by Crippen LogP contribution is 2.50. The maximum atomic E-state index is 2.48. The van der Waals surface area contributed by atoms with Gasteiger partial charge in [-0.15, -0.1) is 0 Å². The van der Waals surface area contributed by atoms with Crippen LogP contribution >= 0.6 is 0 Å². The van der Waals surface area contributed by atoms with Crippen LogP contribution in [-0.4, -0.2) is 0 Å². The molecule has 2 fully saturated rings. The van der Waals surface area contributed by atoms with E-state index in [1.807, 2.05) is 0 Å². The van der Waals surface area contributed by atoms with Gasteiger partial charge >= 0.3 is 0 Å². The van der Waals surface area contributed by atoms with Crippen molar-refractivity contribution in [3.63, 3.8) is 0 Å². The van der Waals surface area contributed by atoms with Crippen molar-refractivity contribution in [2.45, 2.75) is 52.4 Å². The topological polar surface area (TPSA) is 0 Å². The van der Waals surface area contributed by atoms with Crippen molar-refractivity contribution in [1.82, 2.24) is 0 Å². The Hall–Kier alpha value is 0. The van der Waals surface area contributed by atoms with Gasteiger partial charge in [-0.05, 0) is 36.5 Å². The molecule has 0 bridgehead atoms. The first kappa shape index (κ1) is 8.59. The first-order valence-electron chi connectivity index (χ1n) is 5.81. The van der Waals surface area contributed by atoms with Crippen LogP contribution in [-0.2, 0) is 0 Å². The monoisotopic (exact) mass is 166 g/mol. The maximum Gasteiger partial charge on any atom is -0.0357 e. The molecule has 0 saturated heterocycles. The zero-order valence-electron chi connectivity index (χ0n) is 8.55. The second kappa shape index (κ2) is 3.40. The standard InChI is InChI=1S/C12H22/c1-3-4-11-8-12(11)9(2)7-10-5-6-10/h9-12H,3-8H2,1-2H3. The summed E-state index contributed by atoms with van der Waals surface area (Å²) in [4.78, 5) is 0. The third kappa shape index (κ3) is 2.02. The summed E-state index contributed by atoms with van der Waals surface area (Å²) < 4.78 is 0. The minimum absolute atomic E-state index is 1.05. The molecule has 0 aromatic rings. The van der Waals surface area contributed by atoms with Gasteiger partial charge < -0.3 is 0 Å². The molecule has 2 rings (SSSR count). The van der Waals surface area contributed by atoms with E-state index in [2.05, 4.69) is 13.8 Å². The molecule has 0 heteroatoms. The first-order valence-corrected chi connectivity index (χ1v) is 5.81. The molecule has 0 aromatic carbocycles. The molecule has 70 valence electrons. The minimum atomic E-state index is 1.05. The fourth-order valence-electron chi connectivity index (χ4n) is 2.72. The summed E-state index contributed by atoms with van der Waals surface area (Å²) in [7, 11) is 0. The second-order valence-electron chi connectivity index (χ2n) is 5.10. The molecule has 2 saturated carbocycles. The number of hydrogen-bond acceptors (Lipinski definition) is 0. The SMILES string of the molecule is CCCC1CC1C(C)CC1CC1. The zero-order valence-corrected chi connectivity index (χ0v) is 8.55. The summed E-state index contributed by atoms with van der Waals surface area (Å²) in [6, 6.07) is 0. The Morgan fingerprint density at radius 1 is 1.33 bits per heavy atom. The van der Waals surface area contributed by atoms with Crippen LogP contribution in [0.3, 0.4) is 0 Å². The molecule has 0 aromatic heterocycles. The highest BCUT2D eigenvalue weighted by atomic mass is 14.5. The number of rotatable bonds is 5. The van der Waals surface area contributed by atoms with Crippen LogP contribution in [0.15, 0.2) is 0 Å². The van der Waals surface area contributed by atoms with Crippen molar-refractivity contribution in [3.05, 3.63) is 0 Å². The summed E-state index contributed by atoms with van der Waals surface area (Å²) in [5.41, 5.74) is 0. The summed E-state index contributed by atoms with van der Waals surface area (Å²) in [6.45, 7) is 4.81. The average Bonchev–Trinajstić information content (AvgIpc) is 2.82. The van der Waals surface area contributed by atoms with Crippen molar-refractivity contribution < 1.29 is 0 Å². The smallest absolute Gasteiger partial charge is 0.0357 e. The van der Waals surface area contributed by atoms with Gasteiger partial charge in [0.15, 0.2) is 0 Å². The summed E-state index contributed by atoms with van der Waals surface area (Å²) in [6.07, 6.45) is 9.08. The fraction of sp³-hybridized carbons (Fsp3) is 1.00. The Kier molecular flexibility index (Phi) is 2.43. The predicted molar refractivity (Wildman–Crippen MR) is 53.0 cm³/mol.